The molecule has 3 rings (SSSR count). The van der Waals surface area contributed by atoms with Gasteiger partial charge in [-0.1, -0.05) is 24.3 Å². The number of carbonyl (C=O) groups excluding carboxylic acids is 1. The van der Waals surface area contributed by atoms with Crippen molar-refractivity contribution < 1.29 is 22.7 Å². The van der Waals surface area contributed by atoms with Crippen LogP contribution in [0.2, 0.25) is 0 Å². The van der Waals surface area contributed by atoms with Gasteiger partial charge in [-0.15, -0.1) is 11.8 Å². The number of nitrogens with zero attached hydrogens (tertiary/aromatic N) is 1. The summed E-state index contributed by atoms with van der Waals surface area (Å²) in [4.78, 5) is 13.1. The number of rotatable bonds is 8. The first kappa shape index (κ1) is 21.1. The summed E-state index contributed by atoms with van der Waals surface area (Å²) in [6, 6.07) is 12.6. The van der Waals surface area contributed by atoms with Crippen molar-refractivity contribution in [2.45, 2.75) is 24.5 Å². The van der Waals surface area contributed by atoms with Crippen LogP contribution in [0.25, 0.3) is 10.9 Å². The van der Waals surface area contributed by atoms with Crippen molar-refractivity contribution in [2.24, 2.45) is 0 Å². The molecule has 29 heavy (non-hydrogen) atoms. The molecule has 0 bridgehead atoms. The van der Waals surface area contributed by atoms with Gasteiger partial charge in [0.2, 0.25) is 0 Å². The third-order valence-electron chi connectivity index (χ3n) is 4.31. The molecule has 0 unspecified atom stereocenters. The quantitative estimate of drug-likeness (QED) is 0.412. The molecule has 0 saturated carbocycles. The summed E-state index contributed by atoms with van der Waals surface area (Å²) in [7, 11) is 0. The summed E-state index contributed by atoms with van der Waals surface area (Å²) in [5.41, 5.74) is 0.370. The van der Waals surface area contributed by atoms with Crippen molar-refractivity contribution in [1.29, 1.82) is 0 Å². The van der Waals surface area contributed by atoms with Crippen molar-refractivity contribution in [1.82, 2.24) is 9.88 Å². The zero-order valence-corrected chi connectivity index (χ0v) is 16.6. The van der Waals surface area contributed by atoms with E-state index in [2.05, 4.69) is 35.1 Å². The second kappa shape index (κ2) is 9.26. The van der Waals surface area contributed by atoms with Gasteiger partial charge in [0.15, 0.2) is 6.61 Å². The maximum atomic E-state index is 12.7. The monoisotopic (exact) mass is 422 g/mol. The van der Waals surface area contributed by atoms with E-state index < -0.39 is 11.7 Å². The average Bonchev–Trinajstić information content (AvgIpc) is 3.07. The first-order valence-electron chi connectivity index (χ1n) is 9.16. The lowest BCUT2D eigenvalue weighted by Gasteiger charge is -2.10. The van der Waals surface area contributed by atoms with Crippen LogP contribution in [-0.4, -0.2) is 29.4 Å². The van der Waals surface area contributed by atoms with Gasteiger partial charge in [0, 0.05) is 40.8 Å². The van der Waals surface area contributed by atoms with Crippen molar-refractivity contribution in [2.75, 3.05) is 18.9 Å². The lowest BCUT2D eigenvalue weighted by Crippen LogP contribution is -2.30. The Balaban J connectivity index is 1.45. The number of carbonyl (C=O) groups is 1. The van der Waals surface area contributed by atoms with E-state index in [-0.39, 0.29) is 18.3 Å². The Labute approximate surface area is 171 Å². The maximum Gasteiger partial charge on any atom is 0.416 e. The lowest BCUT2D eigenvalue weighted by molar-refractivity contribution is -0.137. The molecule has 3 aromatic rings. The smallest absolute Gasteiger partial charge is 0.416 e. The van der Waals surface area contributed by atoms with Crippen molar-refractivity contribution >= 4 is 28.6 Å². The fourth-order valence-corrected chi connectivity index (χ4v) is 3.86. The van der Waals surface area contributed by atoms with Crippen molar-refractivity contribution in [3.8, 4) is 5.75 Å². The molecule has 0 radical (unpaired) electrons. The summed E-state index contributed by atoms with van der Waals surface area (Å²) in [6.45, 7) is 3.07. The Bertz CT molecular complexity index is 985. The fraction of sp³-hybridized carbons (Fsp3) is 0.286. The van der Waals surface area contributed by atoms with E-state index in [1.807, 2.05) is 12.1 Å². The van der Waals surface area contributed by atoms with E-state index in [0.717, 1.165) is 23.6 Å². The van der Waals surface area contributed by atoms with Gasteiger partial charge < -0.3 is 14.6 Å². The predicted octanol–water partition coefficient (Wildman–Crippen LogP) is 4.97. The summed E-state index contributed by atoms with van der Waals surface area (Å²) in [5, 5.41) is 3.90. The number of nitrogens with one attached hydrogen (secondary N) is 1. The Morgan fingerprint density at radius 1 is 1.17 bits per heavy atom. The molecule has 0 spiro atoms. The minimum Gasteiger partial charge on any atom is -0.484 e. The van der Waals surface area contributed by atoms with Crippen LogP contribution in [0.3, 0.4) is 0 Å². The molecule has 4 nitrogen and oxygen atoms in total. The van der Waals surface area contributed by atoms with Crippen LogP contribution < -0.4 is 10.1 Å². The van der Waals surface area contributed by atoms with Gasteiger partial charge >= 0.3 is 6.18 Å². The number of halogens is 3. The zero-order valence-electron chi connectivity index (χ0n) is 15.8. The number of amides is 1. The third kappa shape index (κ3) is 5.47. The van der Waals surface area contributed by atoms with Gasteiger partial charge in [0.1, 0.15) is 5.75 Å². The highest BCUT2D eigenvalue weighted by Gasteiger charge is 2.30. The number of fused-ring (bicyclic) bond motifs is 1. The normalized spacial score (nSPS) is 11.6. The van der Waals surface area contributed by atoms with Gasteiger partial charge in [-0.3, -0.25) is 4.79 Å². The number of thioether (sulfide) groups is 1. The number of aromatic nitrogens is 1. The highest BCUT2D eigenvalue weighted by molar-refractivity contribution is 7.99. The summed E-state index contributed by atoms with van der Waals surface area (Å²) in [6.07, 6.45) is -2.34. The standard InChI is InChI=1S/C21H21F3N2O2S/c1-2-26-13-19(17-8-3-4-9-18(17)26)29-11-10-25-20(27)14-28-16-7-5-6-15(12-16)21(22,23)24/h3-9,12-13H,2,10-11,14H2,1H3,(H,25,27). The van der Waals surface area contributed by atoms with Crippen LogP contribution in [0.5, 0.6) is 5.75 Å². The summed E-state index contributed by atoms with van der Waals surface area (Å²) >= 11 is 1.65. The van der Waals surface area contributed by atoms with Crippen LogP contribution in [0.4, 0.5) is 13.2 Å². The van der Waals surface area contributed by atoms with Crippen LogP contribution in [-0.2, 0) is 17.5 Å². The molecule has 0 atom stereocenters. The predicted molar refractivity (Wildman–Crippen MR) is 108 cm³/mol. The molecule has 0 fully saturated rings. The second-order valence-corrected chi connectivity index (χ2v) is 7.45. The van der Waals surface area contributed by atoms with E-state index in [1.165, 1.54) is 23.0 Å². The highest BCUT2D eigenvalue weighted by atomic mass is 32.2. The first-order chi connectivity index (χ1) is 13.9. The van der Waals surface area contributed by atoms with Crippen LogP contribution >= 0.6 is 11.8 Å². The van der Waals surface area contributed by atoms with Crippen LogP contribution in [0.1, 0.15) is 12.5 Å². The van der Waals surface area contributed by atoms with Crippen LogP contribution in [0.15, 0.2) is 59.6 Å². The Hall–Kier alpha value is -2.61. The van der Waals surface area contributed by atoms with E-state index in [4.69, 9.17) is 4.74 Å². The fourth-order valence-electron chi connectivity index (χ4n) is 2.90. The SMILES string of the molecule is CCn1cc(SCCNC(=O)COc2cccc(C(F)(F)F)c2)c2ccccc21. The average molecular weight is 422 g/mol. The Morgan fingerprint density at radius 2 is 1.97 bits per heavy atom. The summed E-state index contributed by atoms with van der Waals surface area (Å²) in [5.74, 6) is 0.309. The lowest BCUT2D eigenvalue weighted by atomic mass is 10.2. The Morgan fingerprint density at radius 3 is 2.72 bits per heavy atom. The minimum absolute atomic E-state index is 0.0109. The third-order valence-corrected chi connectivity index (χ3v) is 5.35. The molecule has 0 saturated heterocycles. The number of hydrogen-bond donors (Lipinski definition) is 1. The van der Waals surface area contributed by atoms with E-state index in [0.29, 0.717) is 12.3 Å². The Kier molecular flexibility index (Phi) is 6.74. The number of hydrogen-bond acceptors (Lipinski definition) is 3. The number of aryl methyl sites for hydroxylation is 1. The van der Waals surface area contributed by atoms with Gasteiger partial charge in [0.25, 0.3) is 5.91 Å². The van der Waals surface area contributed by atoms with Gasteiger partial charge in [-0.25, -0.2) is 0 Å². The summed E-state index contributed by atoms with van der Waals surface area (Å²) < 4.78 is 45.4. The second-order valence-electron chi connectivity index (χ2n) is 6.31. The molecule has 0 aliphatic rings. The molecule has 2 aromatic carbocycles. The molecular weight excluding hydrogens is 401 g/mol. The molecule has 154 valence electrons. The zero-order chi connectivity index (χ0) is 20.9. The number of benzene rings is 2. The molecular formula is C21H21F3N2O2S. The first-order valence-corrected chi connectivity index (χ1v) is 10.1. The van der Waals surface area contributed by atoms with E-state index in [1.54, 1.807) is 11.8 Å². The molecule has 8 heteroatoms. The topological polar surface area (TPSA) is 43.3 Å². The van der Waals surface area contributed by atoms with Crippen LogP contribution in [0, 0.1) is 0 Å². The molecule has 0 aliphatic carbocycles. The van der Waals surface area contributed by atoms with Gasteiger partial charge in [0.05, 0.1) is 5.56 Å². The maximum absolute atomic E-state index is 12.7. The van der Waals surface area contributed by atoms with E-state index in [9.17, 15) is 18.0 Å². The van der Waals surface area contributed by atoms with Crippen molar-refractivity contribution in [3.05, 3.63) is 60.3 Å². The van der Waals surface area contributed by atoms with Gasteiger partial charge in [-0.2, -0.15) is 13.2 Å². The number of alkyl halides is 3. The highest BCUT2D eigenvalue weighted by Crippen LogP contribution is 2.31. The minimum atomic E-state index is -4.44. The van der Waals surface area contributed by atoms with Crippen molar-refractivity contribution in [3.63, 3.8) is 0 Å². The molecule has 0 aliphatic heterocycles. The molecule has 1 N–H and O–H groups in total. The molecule has 1 heterocycles. The molecule has 1 amide bonds. The number of ether oxygens (including phenoxy) is 1. The van der Waals surface area contributed by atoms with E-state index >= 15 is 0 Å². The van der Waals surface area contributed by atoms with Gasteiger partial charge in [-0.05, 0) is 31.2 Å². The largest absolute Gasteiger partial charge is 0.484 e. The number of para-hydroxylation sites is 1. The molecule has 1 aromatic heterocycles.